The zero-order valence-corrected chi connectivity index (χ0v) is 11.1. The van der Waals surface area contributed by atoms with E-state index in [1.165, 1.54) is 0 Å². The molecule has 4 heteroatoms. The van der Waals surface area contributed by atoms with E-state index in [2.05, 4.69) is 10.3 Å². The first-order valence-electron chi connectivity index (χ1n) is 6.39. The number of para-hydroxylation sites is 1. The molecule has 1 aromatic carbocycles. The van der Waals surface area contributed by atoms with Crippen LogP contribution in [0.5, 0.6) is 0 Å². The van der Waals surface area contributed by atoms with Gasteiger partial charge in [-0.1, -0.05) is 32.0 Å². The smallest absolute Gasteiger partial charge is 0.253 e. The largest absolute Gasteiger partial charge is 0.391 e. The Labute approximate surface area is 112 Å². The highest BCUT2D eigenvalue weighted by Crippen LogP contribution is 2.15. The van der Waals surface area contributed by atoms with Crippen molar-refractivity contribution < 1.29 is 9.90 Å². The molecule has 100 valence electrons. The molecule has 0 fully saturated rings. The minimum Gasteiger partial charge on any atom is -0.391 e. The van der Waals surface area contributed by atoms with Crippen molar-refractivity contribution in [1.29, 1.82) is 0 Å². The Balaban J connectivity index is 2.18. The lowest BCUT2D eigenvalue weighted by molar-refractivity contribution is 0.0873. The second-order valence-electron chi connectivity index (χ2n) is 4.90. The van der Waals surface area contributed by atoms with Crippen LogP contribution in [0, 0.1) is 5.92 Å². The van der Waals surface area contributed by atoms with Crippen molar-refractivity contribution in [2.24, 2.45) is 5.92 Å². The average molecular weight is 258 g/mol. The average Bonchev–Trinajstić information content (AvgIpc) is 2.43. The van der Waals surface area contributed by atoms with E-state index < -0.39 is 6.10 Å². The van der Waals surface area contributed by atoms with E-state index in [4.69, 9.17) is 0 Å². The van der Waals surface area contributed by atoms with Crippen molar-refractivity contribution in [2.45, 2.75) is 20.0 Å². The number of aromatic nitrogens is 1. The molecule has 1 aromatic heterocycles. The number of nitrogens with one attached hydrogen (secondary N) is 1. The van der Waals surface area contributed by atoms with Crippen LogP contribution >= 0.6 is 0 Å². The van der Waals surface area contributed by atoms with Gasteiger partial charge in [0.1, 0.15) is 0 Å². The number of fused-ring (bicyclic) bond motifs is 1. The van der Waals surface area contributed by atoms with Crippen LogP contribution in [-0.4, -0.2) is 28.6 Å². The van der Waals surface area contributed by atoms with Crippen LogP contribution in [0.3, 0.4) is 0 Å². The minimum atomic E-state index is -0.535. The molecule has 2 aromatic rings. The first kappa shape index (κ1) is 13.5. The van der Waals surface area contributed by atoms with Gasteiger partial charge in [-0.15, -0.1) is 0 Å². The molecule has 19 heavy (non-hydrogen) atoms. The summed E-state index contributed by atoms with van der Waals surface area (Å²) in [4.78, 5) is 16.4. The van der Waals surface area contributed by atoms with Gasteiger partial charge in [-0.25, -0.2) is 0 Å². The van der Waals surface area contributed by atoms with Crippen molar-refractivity contribution in [2.75, 3.05) is 6.54 Å². The molecule has 1 unspecified atom stereocenters. The Morgan fingerprint density at radius 3 is 2.79 bits per heavy atom. The molecule has 0 aliphatic carbocycles. The van der Waals surface area contributed by atoms with Crippen molar-refractivity contribution in [3.63, 3.8) is 0 Å². The van der Waals surface area contributed by atoms with Crippen LogP contribution in [0.4, 0.5) is 0 Å². The van der Waals surface area contributed by atoms with Crippen molar-refractivity contribution in [1.82, 2.24) is 10.3 Å². The molecule has 0 spiro atoms. The fourth-order valence-electron chi connectivity index (χ4n) is 1.82. The van der Waals surface area contributed by atoms with Gasteiger partial charge in [-0.3, -0.25) is 9.78 Å². The number of aliphatic hydroxyl groups excluding tert-OH is 1. The summed E-state index contributed by atoms with van der Waals surface area (Å²) in [5.41, 5.74) is 1.22. The number of amides is 1. The Morgan fingerprint density at radius 2 is 2.05 bits per heavy atom. The third-order valence-electron chi connectivity index (χ3n) is 3.12. The summed E-state index contributed by atoms with van der Waals surface area (Å²) in [6, 6.07) is 9.25. The van der Waals surface area contributed by atoms with Crippen molar-refractivity contribution in [3.05, 3.63) is 42.1 Å². The number of carbonyl (C=O) groups is 1. The van der Waals surface area contributed by atoms with Gasteiger partial charge in [0.25, 0.3) is 5.91 Å². The summed E-state index contributed by atoms with van der Waals surface area (Å²) >= 11 is 0. The molecule has 1 heterocycles. The van der Waals surface area contributed by atoms with Gasteiger partial charge < -0.3 is 10.4 Å². The lowest BCUT2D eigenvalue weighted by atomic mass is 10.1. The third-order valence-corrected chi connectivity index (χ3v) is 3.12. The van der Waals surface area contributed by atoms with Gasteiger partial charge in [0.2, 0.25) is 0 Å². The zero-order chi connectivity index (χ0) is 13.8. The summed E-state index contributed by atoms with van der Waals surface area (Å²) in [5, 5.41) is 13.4. The van der Waals surface area contributed by atoms with E-state index in [1.807, 2.05) is 38.1 Å². The molecule has 4 nitrogen and oxygen atoms in total. The number of pyridine rings is 1. The van der Waals surface area contributed by atoms with Gasteiger partial charge >= 0.3 is 0 Å². The minimum absolute atomic E-state index is 0.117. The van der Waals surface area contributed by atoms with Gasteiger partial charge in [0.05, 0.1) is 17.2 Å². The maximum Gasteiger partial charge on any atom is 0.253 e. The standard InChI is InChI=1S/C15H18N2O2/c1-10(2)13(18)9-17-15(19)12-7-3-5-11-6-4-8-16-14(11)12/h3-8,10,13,18H,9H2,1-2H3,(H,17,19). The Hall–Kier alpha value is -1.94. The Morgan fingerprint density at radius 1 is 1.32 bits per heavy atom. The first-order chi connectivity index (χ1) is 9.09. The molecule has 2 N–H and O–H groups in total. The van der Waals surface area contributed by atoms with Gasteiger partial charge in [0, 0.05) is 18.1 Å². The van der Waals surface area contributed by atoms with E-state index in [0.717, 1.165) is 5.39 Å². The van der Waals surface area contributed by atoms with Gasteiger partial charge in [0.15, 0.2) is 0 Å². The number of hydrogen-bond acceptors (Lipinski definition) is 3. The number of carbonyl (C=O) groups excluding carboxylic acids is 1. The molecule has 0 aliphatic rings. The fourth-order valence-corrected chi connectivity index (χ4v) is 1.82. The number of hydrogen-bond donors (Lipinski definition) is 2. The van der Waals surface area contributed by atoms with Gasteiger partial charge in [-0.2, -0.15) is 0 Å². The van der Waals surface area contributed by atoms with Crippen LogP contribution in [0.15, 0.2) is 36.5 Å². The SMILES string of the molecule is CC(C)C(O)CNC(=O)c1cccc2cccnc12. The van der Waals surface area contributed by atoms with Crippen LogP contribution < -0.4 is 5.32 Å². The Kier molecular flexibility index (Phi) is 4.12. The first-order valence-corrected chi connectivity index (χ1v) is 6.39. The molecule has 0 radical (unpaired) electrons. The van der Waals surface area contributed by atoms with Crippen LogP contribution in [-0.2, 0) is 0 Å². The van der Waals surface area contributed by atoms with E-state index in [1.54, 1.807) is 12.3 Å². The molecule has 0 bridgehead atoms. The monoisotopic (exact) mass is 258 g/mol. The fraction of sp³-hybridized carbons (Fsp3) is 0.333. The lowest BCUT2D eigenvalue weighted by Gasteiger charge is -2.15. The van der Waals surface area contributed by atoms with E-state index in [9.17, 15) is 9.90 Å². The van der Waals surface area contributed by atoms with E-state index in [-0.39, 0.29) is 18.4 Å². The summed E-state index contributed by atoms with van der Waals surface area (Å²) in [6.07, 6.45) is 1.13. The predicted octanol–water partition coefficient (Wildman–Crippen LogP) is 1.98. The molecular formula is C15H18N2O2. The third kappa shape index (κ3) is 3.09. The Bertz CT molecular complexity index is 576. The highest BCUT2D eigenvalue weighted by atomic mass is 16.3. The molecule has 2 rings (SSSR count). The molecule has 1 amide bonds. The molecule has 0 saturated carbocycles. The number of aliphatic hydroxyl groups is 1. The normalized spacial score (nSPS) is 12.6. The summed E-state index contributed by atoms with van der Waals surface area (Å²) in [7, 11) is 0. The maximum atomic E-state index is 12.1. The second-order valence-corrected chi connectivity index (χ2v) is 4.90. The van der Waals surface area contributed by atoms with Gasteiger partial charge in [-0.05, 0) is 18.1 Å². The molecule has 0 aliphatic heterocycles. The maximum absolute atomic E-state index is 12.1. The highest BCUT2D eigenvalue weighted by molar-refractivity contribution is 6.05. The predicted molar refractivity (Wildman–Crippen MR) is 74.9 cm³/mol. The van der Waals surface area contributed by atoms with E-state index >= 15 is 0 Å². The van der Waals surface area contributed by atoms with Crippen LogP contribution in [0.1, 0.15) is 24.2 Å². The summed E-state index contributed by atoms with van der Waals surface area (Å²) in [5.74, 6) is -0.0880. The van der Waals surface area contributed by atoms with Crippen LogP contribution in [0.25, 0.3) is 10.9 Å². The quantitative estimate of drug-likeness (QED) is 0.881. The number of nitrogens with zero attached hydrogens (tertiary/aromatic N) is 1. The number of benzene rings is 1. The molecule has 1 atom stereocenters. The van der Waals surface area contributed by atoms with Crippen molar-refractivity contribution >= 4 is 16.8 Å². The summed E-state index contributed by atoms with van der Waals surface area (Å²) < 4.78 is 0. The van der Waals surface area contributed by atoms with Crippen LogP contribution in [0.2, 0.25) is 0 Å². The van der Waals surface area contributed by atoms with E-state index in [0.29, 0.717) is 11.1 Å². The summed E-state index contributed by atoms with van der Waals surface area (Å²) in [6.45, 7) is 4.08. The lowest BCUT2D eigenvalue weighted by Crippen LogP contribution is -2.34. The number of rotatable bonds is 4. The molecule has 0 saturated heterocycles. The highest BCUT2D eigenvalue weighted by Gasteiger charge is 2.14. The van der Waals surface area contributed by atoms with Crippen molar-refractivity contribution in [3.8, 4) is 0 Å². The second kappa shape index (κ2) is 5.80. The zero-order valence-electron chi connectivity index (χ0n) is 11.1. The molecular weight excluding hydrogens is 240 g/mol. The topological polar surface area (TPSA) is 62.2 Å².